The van der Waals surface area contributed by atoms with Crippen LogP contribution >= 0.6 is 0 Å². The van der Waals surface area contributed by atoms with Crippen molar-refractivity contribution in [1.29, 1.82) is 0 Å². The molecule has 4 atom stereocenters. The van der Waals surface area contributed by atoms with E-state index in [1.165, 1.54) is 0 Å². The molecule has 1 saturated heterocycles. The Morgan fingerprint density at radius 1 is 0.595 bits per heavy atom. The molecule has 0 unspecified atom stereocenters. The van der Waals surface area contributed by atoms with Gasteiger partial charge in [0.05, 0.1) is 12.1 Å². The van der Waals surface area contributed by atoms with E-state index >= 15 is 0 Å². The highest BCUT2D eigenvalue weighted by molar-refractivity contribution is 5.76. The fourth-order valence-electron chi connectivity index (χ4n) is 5.24. The molecule has 3 aromatic rings. The number of benzene rings is 3. The second kappa shape index (κ2) is 13.4. The van der Waals surface area contributed by atoms with Gasteiger partial charge in [-0.25, -0.2) is 4.79 Å². The Hall–Kier alpha value is -3.19. The normalized spacial score (nSPS) is 22.2. The molecule has 0 aromatic heterocycles. The molecule has 0 aliphatic carbocycles. The standard InChI is InChI=1S/C31H38N2O4/c34-20-12-4-11-19-32-27(21-24-13-5-1-6-14-24)29(35)30(36)28(22-25-15-7-2-8-16-25)33(31(32)37)23-26-17-9-3-10-18-26/h1-3,5-10,13-18,27-30,34-36H,4,11-12,19-23H2/t27-,28-,29+,30+/m1/s1. The fraction of sp³-hybridized carbons (Fsp3) is 0.387. The van der Waals surface area contributed by atoms with E-state index in [1.807, 2.05) is 91.0 Å². The first-order valence-corrected chi connectivity index (χ1v) is 13.2. The monoisotopic (exact) mass is 502 g/mol. The summed E-state index contributed by atoms with van der Waals surface area (Å²) in [4.78, 5) is 17.8. The maximum absolute atomic E-state index is 14.3. The van der Waals surface area contributed by atoms with Crippen LogP contribution in [0.5, 0.6) is 0 Å². The van der Waals surface area contributed by atoms with Gasteiger partial charge in [-0.2, -0.15) is 0 Å². The maximum Gasteiger partial charge on any atom is 0.321 e. The summed E-state index contributed by atoms with van der Waals surface area (Å²) in [5, 5.41) is 32.5. The molecule has 0 radical (unpaired) electrons. The molecule has 2 amide bonds. The second-order valence-corrected chi connectivity index (χ2v) is 9.87. The number of nitrogens with zero attached hydrogens (tertiary/aromatic N) is 2. The van der Waals surface area contributed by atoms with Gasteiger partial charge in [0, 0.05) is 19.7 Å². The number of urea groups is 1. The lowest BCUT2D eigenvalue weighted by molar-refractivity contribution is -0.0402. The molecule has 1 heterocycles. The molecule has 196 valence electrons. The van der Waals surface area contributed by atoms with Crippen LogP contribution in [0.4, 0.5) is 4.79 Å². The third kappa shape index (κ3) is 6.98. The van der Waals surface area contributed by atoms with E-state index in [0.29, 0.717) is 38.8 Å². The van der Waals surface area contributed by atoms with Gasteiger partial charge in [0.1, 0.15) is 12.2 Å². The van der Waals surface area contributed by atoms with Crippen LogP contribution in [0, 0.1) is 0 Å². The number of unbranched alkanes of at least 4 members (excludes halogenated alkanes) is 2. The summed E-state index contributed by atoms with van der Waals surface area (Å²) in [5.41, 5.74) is 2.97. The summed E-state index contributed by atoms with van der Waals surface area (Å²) >= 11 is 0. The largest absolute Gasteiger partial charge is 0.396 e. The van der Waals surface area contributed by atoms with E-state index in [2.05, 4.69) is 0 Å². The van der Waals surface area contributed by atoms with E-state index < -0.39 is 24.3 Å². The third-order valence-electron chi connectivity index (χ3n) is 7.26. The van der Waals surface area contributed by atoms with Crippen LogP contribution < -0.4 is 0 Å². The number of carbonyl (C=O) groups is 1. The Bertz CT molecular complexity index is 1080. The minimum atomic E-state index is -1.12. The Kier molecular flexibility index (Phi) is 9.71. The lowest BCUT2D eigenvalue weighted by Gasteiger charge is -2.35. The molecule has 0 spiro atoms. The molecule has 1 aliphatic heterocycles. The number of aliphatic hydroxyl groups is 3. The molecule has 3 N–H and O–H groups in total. The smallest absolute Gasteiger partial charge is 0.321 e. The molecule has 3 aromatic carbocycles. The van der Waals surface area contributed by atoms with Gasteiger partial charge in [-0.1, -0.05) is 91.0 Å². The van der Waals surface area contributed by atoms with Gasteiger partial charge in [-0.05, 0) is 48.8 Å². The van der Waals surface area contributed by atoms with Crippen LogP contribution in [0.15, 0.2) is 91.0 Å². The van der Waals surface area contributed by atoms with E-state index in [1.54, 1.807) is 9.80 Å². The lowest BCUT2D eigenvalue weighted by atomic mass is 9.91. The number of hydrogen-bond acceptors (Lipinski definition) is 4. The minimum Gasteiger partial charge on any atom is -0.396 e. The number of aliphatic hydroxyl groups excluding tert-OH is 3. The van der Waals surface area contributed by atoms with E-state index in [-0.39, 0.29) is 12.6 Å². The fourth-order valence-corrected chi connectivity index (χ4v) is 5.24. The van der Waals surface area contributed by atoms with Crippen molar-refractivity contribution in [3.05, 3.63) is 108 Å². The van der Waals surface area contributed by atoms with Crippen molar-refractivity contribution in [1.82, 2.24) is 9.80 Å². The first-order chi connectivity index (χ1) is 18.1. The third-order valence-corrected chi connectivity index (χ3v) is 7.26. The molecule has 37 heavy (non-hydrogen) atoms. The number of amides is 2. The van der Waals surface area contributed by atoms with Crippen molar-refractivity contribution in [3.8, 4) is 0 Å². The van der Waals surface area contributed by atoms with Crippen LogP contribution in [0.1, 0.15) is 36.0 Å². The SMILES string of the molecule is O=C1N(CCCCCO)[C@H](Cc2ccccc2)[C@H](O)[C@@H](O)[C@@H](Cc2ccccc2)N1Cc1ccccc1. The molecule has 1 fully saturated rings. The molecule has 6 nitrogen and oxygen atoms in total. The van der Waals surface area contributed by atoms with Crippen LogP contribution in [-0.2, 0) is 19.4 Å². The van der Waals surface area contributed by atoms with Crippen LogP contribution in [-0.4, -0.2) is 68.6 Å². The van der Waals surface area contributed by atoms with Crippen molar-refractivity contribution < 1.29 is 20.1 Å². The van der Waals surface area contributed by atoms with Gasteiger partial charge in [0.25, 0.3) is 0 Å². The Balaban J connectivity index is 1.71. The quantitative estimate of drug-likeness (QED) is 0.346. The summed E-state index contributed by atoms with van der Waals surface area (Å²) in [6.45, 7) is 0.900. The summed E-state index contributed by atoms with van der Waals surface area (Å²) in [7, 11) is 0. The van der Waals surface area contributed by atoms with E-state index in [0.717, 1.165) is 23.1 Å². The van der Waals surface area contributed by atoms with Crippen molar-refractivity contribution >= 4 is 6.03 Å². The molecule has 0 bridgehead atoms. The molecular weight excluding hydrogens is 464 g/mol. The highest BCUT2D eigenvalue weighted by Gasteiger charge is 2.46. The van der Waals surface area contributed by atoms with Gasteiger partial charge in [-0.15, -0.1) is 0 Å². The van der Waals surface area contributed by atoms with Crippen LogP contribution in [0.25, 0.3) is 0 Å². The summed E-state index contributed by atoms with van der Waals surface area (Å²) in [6, 6.07) is 28.1. The predicted octanol–water partition coefficient (Wildman–Crippen LogP) is 4.03. The molecule has 6 heteroatoms. The predicted molar refractivity (Wildman–Crippen MR) is 145 cm³/mol. The first-order valence-electron chi connectivity index (χ1n) is 13.2. The van der Waals surface area contributed by atoms with Gasteiger partial charge in [-0.3, -0.25) is 0 Å². The minimum absolute atomic E-state index is 0.113. The zero-order valence-electron chi connectivity index (χ0n) is 21.3. The highest BCUT2D eigenvalue weighted by atomic mass is 16.3. The molecule has 0 saturated carbocycles. The summed E-state index contributed by atoms with van der Waals surface area (Å²) in [5.74, 6) is 0. The van der Waals surface area contributed by atoms with Gasteiger partial charge >= 0.3 is 6.03 Å². The Labute approximate surface area is 219 Å². The topological polar surface area (TPSA) is 84.2 Å². The number of carbonyl (C=O) groups excluding carboxylic acids is 1. The van der Waals surface area contributed by atoms with Crippen LogP contribution in [0.3, 0.4) is 0 Å². The second-order valence-electron chi connectivity index (χ2n) is 9.87. The molecular formula is C31H38N2O4. The Morgan fingerprint density at radius 3 is 1.54 bits per heavy atom. The zero-order chi connectivity index (χ0) is 26.0. The van der Waals surface area contributed by atoms with Crippen molar-refractivity contribution in [3.63, 3.8) is 0 Å². The number of hydrogen-bond donors (Lipinski definition) is 3. The zero-order valence-corrected chi connectivity index (χ0v) is 21.3. The van der Waals surface area contributed by atoms with Gasteiger partial charge in [0.2, 0.25) is 0 Å². The number of rotatable bonds is 11. The van der Waals surface area contributed by atoms with Crippen molar-refractivity contribution in [2.45, 2.75) is 62.9 Å². The average Bonchev–Trinajstić information content (AvgIpc) is 3.00. The van der Waals surface area contributed by atoms with Crippen molar-refractivity contribution in [2.75, 3.05) is 13.2 Å². The van der Waals surface area contributed by atoms with Crippen LogP contribution in [0.2, 0.25) is 0 Å². The molecule has 4 rings (SSSR count). The first kappa shape index (κ1) is 26.9. The highest BCUT2D eigenvalue weighted by Crippen LogP contribution is 2.29. The Morgan fingerprint density at radius 2 is 1.05 bits per heavy atom. The average molecular weight is 503 g/mol. The summed E-state index contributed by atoms with van der Waals surface area (Å²) < 4.78 is 0. The van der Waals surface area contributed by atoms with E-state index in [9.17, 15) is 20.1 Å². The van der Waals surface area contributed by atoms with E-state index in [4.69, 9.17) is 0 Å². The van der Waals surface area contributed by atoms with Gasteiger partial charge in [0.15, 0.2) is 0 Å². The van der Waals surface area contributed by atoms with Gasteiger partial charge < -0.3 is 25.1 Å². The molecule has 1 aliphatic rings. The lowest BCUT2D eigenvalue weighted by Crippen LogP contribution is -2.51. The van der Waals surface area contributed by atoms with Crippen molar-refractivity contribution in [2.24, 2.45) is 0 Å². The maximum atomic E-state index is 14.3. The summed E-state index contributed by atoms with van der Waals surface area (Å²) in [6.07, 6.45) is 0.809.